The maximum absolute atomic E-state index is 4.99. The molecule has 1 fully saturated rings. The molecular weight excluding hydrogens is 204 g/mol. The molecule has 1 saturated heterocycles. The first-order valence-corrected chi connectivity index (χ1v) is 5.63. The lowest BCUT2D eigenvalue weighted by Crippen LogP contribution is -2.37. The summed E-state index contributed by atoms with van der Waals surface area (Å²) in [5, 5.41) is 3.23. The number of hydrogen-bond acceptors (Lipinski definition) is 5. The normalized spacial score (nSPS) is 14.8. The van der Waals surface area contributed by atoms with E-state index < -0.39 is 0 Å². The van der Waals surface area contributed by atoms with E-state index in [1.807, 2.05) is 13.0 Å². The monoisotopic (exact) mass is 222 g/mol. The van der Waals surface area contributed by atoms with Crippen LogP contribution in [0.2, 0.25) is 0 Å². The van der Waals surface area contributed by atoms with E-state index in [0.717, 1.165) is 37.1 Å². The van der Waals surface area contributed by atoms with Crippen molar-refractivity contribution in [2.24, 2.45) is 0 Å². The predicted molar refractivity (Wildman–Crippen MR) is 64.0 cm³/mol. The molecule has 0 unspecified atom stereocenters. The average Bonchev–Trinajstić information content (AvgIpc) is 2.14. The molecule has 0 aliphatic carbocycles. The Morgan fingerprint density at radius 2 is 2.25 bits per heavy atom. The molecule has 0 amide bonds. The molecule has 0 spiro atoms. The number of nitrogens with zero attached hydrogens (tertiary/aromatic N) is 3. The van der Waals surface area contributed by atoms with E-state index in [1.165, 1.54) is 6.42 Å². The Bertz CT molecular complexity index is 352. The second kappa shape index (κ2) is 5.12. The molecule has 1 N–H and O–H groups in total. The molecule has 0 bridgehead atoms. The fourth-order valence-electron chi connectivity index (χ4n) is 1.63. The van der Waals surface area contributed by atoms with Crippen molar-refractivity contribution in [2.45, 2.75) is 13.3 Å². The van der Waals surface area contributed by atoms with E-state index in [2.05, 4.69) is 20.2 Å². The second-order valence-electron chi connectivity index (χ2n) is 3.92. The van der Waals surface area contributed by atoms with Crippen LogP contribution in [-0.4, -0.2) is 43.3 Å². The van der Waals surface area contributed by atoms with Crippen LogP contribution in [0.25, 0.3) is 0 Å². The molecule has 1 aliphatic heterocycles. The Morgan fingerprint density at radius 3 is 2.88 bits per heavy atom. The molecule has 1 aromatic heterocycles. The van der Waals surface area contributed by atoms with Gasteiger partial charge in [0, 0.05) is 32.8 Å². The van der Waals surface area contributed by atoms with Crippen LogP contribution in [-0.2, 0) is 4.74 Å². The molecule has 1 aliphatic rings. The van der Waals surface area contributed by atoms with Gasteiger partial charge in [-0.15, -0.1) is 0 Å². The third-order valence-electron chi connectivity index (χ3n) is 2.62. The second-order valence-corrected chi connectivity index (χ2v) is 3.92. The first kappa shape index (κ1) is 11.1. The lowest BCUT2D eigenvalue weighted by atomic mass is 10.2. The van der Waals surface area contributed by atoms with Gasteiger partial charge in [-0.2, -0.15) is 0 Å². The largest absolute Gasteiger partial charge is 0.383 e. The van der Waals surface area contributed by atoms with Crippen LogP contribution in [0.1, 0.15) is 12.2 Å². The summed E-state index contributed by atoms with van der Waals surface area (Å²) in [6.07, 6.45) is 1.26. The SMILES string of the molecule is COCCNc1cc(N2CCC2)nc(C)n1. The lowest BCUT2D eigenvalue weighted by molar-refractivity contribution is 0.210. The van der Waals surface area contributed by atoms with Gasteiger partial charge in [-0.05, 0) is 13.3 Å². The standard InChI is InChI=1S/C11H18N4O/c1-9-13-10(12-4-7-16-2)8-11(14-9)15-5-3-6-15/h8H,3-7H2,1-2H3,(H,12,13,14). The van der Waals surface area contributed by atoms with Crippen molar-refractivity contribution < 1.29 is 4.74 Å². The Morgan fingerprint density at radius 1 is 1.44 bits per heavy atom. The van der Waals surface area contributed by atoms with Gasteiger partial charge in [-0.1, -0.05) is 0 Å². The third-order valence-corrected chi connectivity index (χ3v) is 2.62. The maximum Gasteiger partial charge on any atom is 0.134 e. The molecule has 2 rings (SSSR count). The molecule has 5 nitrogen and oxygen atoms in total. The van der Waals surface area contributed by atoms with Crippen LogP contribution in [0.15, 0.2) is 6.07 Å². The van der Waals surface area contributed by atoms with Crippen molar-refractivity contribution in [3.05, 3.63) is 11.9 Å². The van der Waals surface area contributed by atoms with Crippen LogP contribution in [0.3, 0.4) is 0 Å². The molecule has 0 radical (unpaired) electrons. The highest BCUT2D eigenvalue weighted by Gasteiger charge is 2.16. The third kappa shape index (κ3) is 2.61. The molecule has 88 valence electrons. The van der Waals surface area contributed by atoms with Gasteiger partial charge in [0.25, 0.3) is 0 Å². The average molecular weight is 222 g/mol. The summed E-state index contributed by atoms with van der Waals surface area (Å²) >= 11 is 0. The fourth-order valence-corrected chi connectivity index (χ4v) is 1.63. The van der Waals surface area contributed by atoms with Crippen molar-refractivity contribution >= 4 is 11.6 Å². The highest BCUT2D eigenvalue weighted by Crippen LogP contribution is 2.20. The Hall–Kier alpha value is -1.36. The van der Waals surface area contributed by atoms with Crippen molar-refractivity contribution in [3.8, 4) is 0 Å². The van der Waals surface area contributed by atoms with Gasteiger partial charge >= 0.3 is 0 Å². The number of nitrogens with one attached hydrogen (secondary N) is 1. The highest BCUT2D eigenvalue weighted by atomic mass is 16.5. The van der Waals surface area contributed by atoms with E-state index >= 15 is 0 Å². The zero-order valence-corrected chi connectivity index (χ0v) is 9.86. The lowest BCUT2D eigenvalue weighted by Gasteiger charge is -2.32. The summed E-state index contributed by atoms with van der Waals surface area (Å²) in [5.74, 6) is 2.72. The molecule has 0 atom stereocenters. The molecule has 1 aromatic rings. The minimum Gasteiger partial charge on any atom is -0.383 e. The van der Waals surface area contributed by atoms with E-state index in [-0.39, 0.29) is 0 Å². The molecule has 5 heteroatoms. The van der Waals surface area contributed by atoms with E-state index in [4.69, 9.17) is 4.74 Å². The predicted octanol–water partition coefficient (Wildman–Crippen LogP) is 1.05. The zero-order valence-electron chi connectivity index (χ0n) is 9.86. The summed E-state index contributed by atoms with van der Waals surface area (Å²) in [6, 6.07) is 2.00. The molecule has 16 heavy (non-hydrogen) atoms. The number of anilines is 2. The number of hydrogen-bond donors (Lipinski definition) is 1. The maximum atomic E-state index is 4.99. The first-order chi connectivity index (χ1) is 7.79. The van der Waals surface area contributed by atoms with E-state index in [1.54, 1.807) is 7.11 Å². The molecular formula is C11H18N4O. The van der Waals surface area contributed by atoms with Gasteiger partial charge in [0.05, 0.1) is 6.61 Å². The minimum atomic E-state index is 0.683. The van der Waals surface area contributed by atoms with Crippen molar-refractivity contribution in [2.75, 3.05) is 43.6 Å². The van der Waals surface area contributed by atoms with Crippen LogP contribution in [0, 0.1) is 6.92 Å². The Balaban J connectivity index is 2.03. The summed E-state index contributed by atoms with van der Waals surface area (Å²) < 4.78 is 4.99. The Kier molecular flexibility index (Phi) is 3.56. The van der Waals surface area contributed by atoms with Crippen molar-refractivity contribution in [1.29, 1.82) is 0 Å². The van der Waals surface area contributed by atoms with Gasteiger partial charge in [-0.25, -0.2) is 9.97 Å². The number of aryl methyl sites for hydroxylation is 1. The molecule has 2 heterocycles. The van der Waals surface area contributed by atoms with Gasteiger partial charge in [0.2, 0.25) is 0 Å². The zero-order chi connectivity index (χ0) is 11.4. The number of methoxy groups -OCH3 is 1. The molecule has 0 aromatic carbocycles. The smallest absolute Gasteiger partial charge is 0.134 e. The summed E-state index contributed by atoms with van der Waals surface area (Å²) in [6.45, 7) is 5.58. The molecule has 0 saturated carbocycles. The Labute approximate surface area is 95.8 Å². The first-order valence-electron chi connectivity index (χ1n) is 5.63. The van der Waals surface area contributed by atoms with Gasteiger partial charge < -0.3 is 15.0 Å². The highest BCUT2D eigenvalue weighted by molar-refractivity contribution is 5.50. The van der Waals surface area contributed by atoms with Crippen LogP contribution in [0.4, 0.5) is 11.6 Å². The fraction of sp³-hybridized carbons (Fsp3) is 0.636. The van der Waals surface area contributed by atoms with Crippen LogP contribution < -0.4 is 10.2 Å². The van der Waals surface area contributed by atoms with Crippen LogP contribution >= 0.6 is 0 Å². The van der Waals surface area contributed by atoms with Crippen LogP contribution in [0.5, 0.6) is 0 Å². The summed E-state index contributed by atoms with van der Waals surface area (Å²) in [5.41, 5.74) is 0. The minimum absolute atomic E-state index is 0.683. The van der Waals surface area contributed by atoms with Gasteiger partial charge in [0.15, 0.2) is 0 Å². The van der Waals surface area contributed by atoms with E-state index in [0.29, 0.717) is 6.61 Å². The quantitative estimate of drug-likeness (QED) is 0.755. The topological polar surface area (TPSA) is 50.3 Å². The van der Waals surface area contributed by atoms with Gasteiger partial charge in [0.1, 0.15) is 17.5 Å². The number of rotatable bonds is 5. The van der Waals surface area contributed by atoms with E-state index in [9.17, 15) is 0 Å². The van der Waals surface area contributed by atoms with Crippen molar-refractivity contribution in [1.82, 2.24) is 9.97 Å². The summed E-state index contributed by atoms with van der Waals surface area (Å²) in [4.78, 5) is 11.0. The number of aromatic nitrogens is 2. The van der Waals surface area contributed by atoms with Gasteiger partial charge in [-0.3, -0.25) is 0 Å². The summed E-state index contributed by atoms with van der Waals surface area (Å²) in [7, 11) is 1.69. The van der Waals surface area contributed by atoms with Crippen molar-refractivity contribution in [3.63, 3.8) is 0 Å². The number of ether oxygens (including phenoxy) is 1.